The molecule has 0 spiro atoms. The molecule has 1 aromatic carbocycles. The third-order valence-corrected chi connectivity index (χ3v) is 5.71. The second kappa shape index (κ2) is 10.2. The molecule has 188 valence electrons. The Morgan fingerprint density at radius 2 is 2.00 bits per heavy atom. The van der Waals surface area contributed by atoms with Crippen LogP contribution in [-0.4, -0.2) is 57.2 Å². The van der Waals surface area contributed by atoms with Crippen LogP contribution >= 0.6 is 0 Å². The van der Waals surface area contributed by atoms with Crippen LogP contribution in [0.2, 0.25) is 0 Å². The standard InChI is InChI=1S/C23H25FN8O4/c1-35-20-15(21-25-12-32(30-21)14-7-8-14)3-2-4-16(20)26-17-11-18(27-22(33)13-5-6-13)28-29-19(17)23(34)31-36-10-9-24/h2-4,11-14H,5-10H2,1H3,(H,31,34)(H2,26,27,28,33). The van der Waals surface area contributed by atoms with E-state index in [1.807, 2.05) is 10.7 Å². The van der Waals surface area contributed by atoms with Gasteiger partial charge in [0.2, 0.25) is 5.91 Å². The third kappa shape index (κ3) is 5.25. The molecule has 2 aliphatic rings. The average molecular weight is 497 g/mol. The van der Waals surface area contributed by atoms with Crippen LogP contribution in [-0.2, 0) is 9.63 Å². The highest BCUT2D eigenvalue weighted by Crippen LogP contribution is 2.39. The number of alkyl halides is 1. The molecule has 36 heavy (non-hydrogen) atoms. The lowest BCUT2D eigenvalue weighted by atomic mass is 10.1. The molecule has 2 amide bonds. The van der Waals surface area contributed by atoms with Gasteiger partial charge in [-0.2, -0.15) is 5.10 Å². The van der Waals surface area contributed by atoms with E-state index in [0.717, 1.165) is 25.7 Å². The first-order valence-corrected chi connectivity index (χ1v) is 11.6. The lowest BCUT2D eigenvalue weighted by Crippen LogP contribution is -2.27. The highest BCUT2D eigenvalue weighted by Gasteiger charge is 2.30. The Labute approximate surface area is 205 Å². The van der Waals surface area contributed by atoms with E-state index >= 15 is 0 Å². The normalized spacial score (nSPS) is 14.8. The van der Waals surface area contributed by atoms with Crippen molar-refractivity contribution >= 4 is 29.0 Å². The van der Waals surface area contributed by atoms with Crippen molar-refractivity contribution in [1.29, 1.82) is 0 Å². The van der Waals surface area contributed by atoms with Crippen LogP contribution in [0.15, 0.2) is 30.6 Å². The van der Waals surface area contributed by atoms with Gasteiger partial charge < -0.3 is 15.4 Å². The predicted octanol–water partition coefficient (Wildman–Crippen LogP) is 2.80. The van der Waals surface area contributed by atoms with Crippen LogP contribution in [0.5, 0.6) is 5.75 Å². The third-order valence-electron chi connectivity index (χ3n) is 5.71. The van der Waals surface area contributed by atoms with Crippen molar-refractivity contribution in [1.82, 2.24) is 30.4 Å². The van der Waals surface area contributed by atoms with Crippen LogP contribution in [0.4, 0.5) is 21.6 Å². The molecule has 0 saturated heterocycles. The number of halogens is 1. The quantitative estimate of drug-likeness (QED) is 0.269. The Balaban J connectivity index is 1.46. The van der Waals surface area contributed by atoms with Crippen molar-refractivity contribution in [2.45, 2.75) is 31.7 Å². The lowest BCUT2D eigenvalue weighted by Gasteiger charge is -2.16. The summed E-state index contributed by atoms with van der Waals surface area (Å²) in [7, 11) is 1.52. The first kappa shape index (κ1) is 23.6. The Morgan fingerprint density at radius 1 is 1.17 bits per heavy atom. The minimum atomic E-state index is -0.766. The summed E-state index contributed by atoms with van der Waals surface area (Å²) in [5, 5.41) is 18.3. The second-order valence-corrected chi connectivity index (χ2v) is 8.51. The van der Waals surface area contributed by atoms with Crippen LogP contribution in [0.3, 0.4) is 0 Å². The summed E-state index contributed by atoms with van der Waals surface area (Å²) in [5.74, 6) is 0.196. The molecule has 0 radical (unpaired) electrons. The Kier molecular flexibility index (Phi) is 6.71. The molecule has 2 aromatic heterocycles. The maximum Gasteiger partial charge on any atom is 0.297 e. The first-order valence-electron chi connectivity index (χ1n) is 11.6. The minimum absolute atomic E-state index is 0.0417. The number of rotatable bonds is 11. The number of para-hydroxylation sites is 1. The van der Waals surface area contributed by atoms with Crippen molar-refractivity contribution in [3.63, 3.8) is 0 Å². The number of ether oxygens (including phenoxy) is 1. The smallest absolute Gasteiger partial charge is 0.297 e. The number of nitrogens with zero attached hydrogens (tertiary/aromatic N) is 5. The van der Waals surface area contributed by atoms with Gasteiger partial charge in [-0.1, -0.05) is 6.07 Å². The number of hydroxylamine groups is 1. The number of carbonyl (C=O) groups is 2. The fraction of sp³-hybridized carbons (Fsp3) is 0.391. The lowest BCUT2D eigenvalue weighted by molar-refractivity contribution is -0.117. The van der Waals surface area contributed by atoms with Crippen molar-refractivity contribution < 1.29 is 23.6 Å². The fourth-order valence-electron chi connectivity index (χ4n) is 3.58. The van der Waals surface area contributed by atoms with E-state index in [4.69, 9.17) is 9.57 Å². The molecular formula is C23H25FN8O4. The zero-order chi connectivity index (χ0) is 25.1. The molecule has 3 N–H and O–H groups in total. The van der Waals surface area contributed by atoms with E-state index < -0.39 is 12.6 Å². The zero-order valence-corrected chi connectivity index (χ0v) is 19.5. The minimum Gasteiger partial charge on any atom is -0.494 e. The summed E-state index contributed by atoms with van der Waals surface area (Å²) in [5.41, 5.74) is 3.40. The van der Waals surface area contributed by atoms with E-state index in [-0.39, 0.29) is 35.6 Å². The fourth-order valence-corrected chi connectivity index (χ4v) is 3.58. The summed E-state index contributed by atoms with van der Waals surface area (Å²) < 4.78 is 19.9. The van der Waals surface area contributed by atoms with Gasteiger partial charge in [-0.3, -0.25) is 14.4 Å². The number of amides is 2. The van der Waals surface area contributed by atoms with E-state index in [1.54, 1.807) is 18.5 Å². The predicted molar refractivity (Wildman–Crippen MR) is 126 cm³/mol. The van der Waals surface area contributed by atoms with Crippen LogP contribution in [0.25, 0.3) is 11.4 Å². The number of anilines is 3. The number of nitrogens with one attached hydrogen (secondary N) is 3. The molecule has 0 unspecified atom stereocenters. The van der Waals surface area contributed by atoms with Gasteiger partial charge in [-0.05, 0) is 37.8 Å². The first-order chi connectivity index (χ1) is 17.6. The molecular weight excluding hydrogens is 471 g/mol. The second-order valence-electron chi connectivity index (χ2n) is 8.51. The number of aromatic nitrogens is 5. The van der Waals surface area contributed by atoms with Crippen molar-refractivity contribution in [3.8, 4) is 17.1 Å². The van der Waals surface area contributed by atoms with E-state index in [1.165, 1.54) is 13.2 Å². The highest BCUT2D eigenvalue weighted by molar-refractivity contribution is 5.99. The summed E-state index contributed by atoms with van der Waals surface area (Å²) in [4.78, 5) is 34.1. The number of methoxy groups -OCH3 is 1. The number of hydrogen-bond donors (Lipinski definition) is 3. The zero-order valence-electron chi connectivity index (χ0n) is 19.5. The van der Waals surface area contributed by atoms with Gasteiger partial charge in [0.15, 0.2) is 23.1 Å². The van der Waals surface area contributed by atoms with Crippen molar-refractivity contribution in [2.75, 3.05) is 31.0 Å². The largest absolute Gasteiger partial charge is 0.494 e. The molecule has 12 nitrogen and oxygen atoms in total. The summed E-state index contributed by atoms with van der Waals surface area (Å²) in [6.45, 7) is -1.08. The summed E-state index contributed by atoms with van der Waals surface area (Å²) in [6.07, 6.45) is 5.51. The monoisotopic (exact) mass is 496 g/mol. The van der Waals surface area contributed by atoms with E-state index in [9.17, 15) is 14.0 Å². The number of hydrogen-bond acceptors (Lipinski definition) is 9. The number of benzene rings is 1. The van der Waals surface area contributed by atoms with Gasteiger partial charge in [-0.15, -0.1) is 10.2 Å². The highest BCUT2D eigenvalue weighted by atomic mass is 19.1. The molecule has 2 fully saturated rings. The van der Waals surface area contributed by atoms with Crippen LogP contribution in [0.1, 0.15) is 42.2 Å². The molecule has 0 bridgehead atoms. The average Bonchev–Trinajstić information content (AvgIpc) is 3.82. The molecule has 2 aliphatic carbocycles. The molecule has 0 aliphatic heterocycles. The van der Waals surface area contributed by atoms with Gasteiger partial charge in [0.1, 0.15) is 19.6 Å². The molecule has 2 saturated carbocycles. The van der Waals surface area contributed by atoms with E-state index in [2.05, 4.69) is 36.4 Å². The Hall–Kier alpha value is -4.13. The van der Waals surface area contributed by atoms with Crippen LogP contribution in [0, 0.1) is 5.92 Å². The maximum atomic E-state index is 12.7. The van der Waals surface area contributed by atoms with Gasteiger partial charge in [0, 0.05) is 12.0 Å². The Bertz CT molecular complexity index is 1270. The molecule has 13 heteroatoms. The van der Waals surface area contributed by atoms with E-state index in [0.29, 0.717) is 28.9 Å². The van der Waals surface area contributed by atoms with Crippen LogP contribution < -0.4 is 20.9 Å². The maximum absolute atomic E-state index is 12.7. The van der Waals surface area contributed by atoms with Gasteiger partial charge in [0.05, 0.1) is 30.1 Å². The van der Waals surface area contributed by atoms with Gasteiger partial charge in [0.25, 0.3) is 5.91 Å². The Morgan fingerprint density at radius 3 is 2.72 bits per heavy atom. The molecule has 2 heterocycles. The SMILES string of the molecule is COc1c(Nc2cc(NC(=O)C3CC3)nnc2C(=O)NOCCF)cccc1-c1ncn(C2CC2)n1. The van der Waals surface area contributed by atoms with Crippen molar-refractivity contribution in [2.24, 2.45) is 5.92 Å². The van der Waals surface area contributed by atoms with Gasteiger partial charge in [-0.25, -0.2) is 19.5 Å². The summed E-state index contributed by atoms with van der Waals surface area (Å²) in [6, 6.07) is 7.26. The van der Waals surface area contributed by atoms with Gasteiger partial charge >= 0.3 is 0 Å². The molecule has 3 aromatic rings. The summed E-state index contributed by atoms with van der Waals surface area (Å²) >= 11 is 0. The topological polar surface area (TPSA) is 145 Å². The molecule has 5 rings (SSSR count). The van der Waals surface area contributed by atoms with Crippen molar-refractivity contribution in [3.05, 3.63) is 36.3 Å². The molecule has 0 atom stereocenters. The number of carbonyl (C=O) groups excluding carboxylic acids is 2.